The zero-order chi connectivity index (χ0) is 18.4. The van der Waals surface area contributed by atoms with Crippen molar-refractivity contribution in [3.63, 3.8) is 0 Å². The molecule has 6 nitrogen and oxygen atoms in total. The second-order valence-electron chi connectivity index (χ2n) is 6.33. The molecule has 1 saturated heterocycles. The Labute approximate surface area is 165 Å². The molecule has 7 heteroatoms. The van der Waals surface area contributed by atoms with Gasteiger partial charge in [0.15, 0.2) is 0 Å². The monoisotopic (exact) mass is 389 g/mol. The van der Waals surface area contributed by atoms with E-state index in [1.807, 2.05) is 37.3 Å². The molecule has 2 amide bonds. The first-order valence-corrected chi connectivity index (χ1v) is 8.70. The lowest BCUT2D eigenvalue weighted by atomic mass is 10.1. The molecule has 0 aliphatic carbocycles. The number of carbonyl (C=O) groups excluding carboxylic acids is 2. The zero-order valence-corrected chi connectivity index (χ0v) is 16.0. The highest BCUT2D eigenvalue weighted by molar-refractivity contribution is 6.04. The molecule has 1 heterocycles. The molecule has 1 aliphatic rings. The van der Waals surface area contributed by atoms with Crippen LogP contribution in [-0.2, 0) is 9.53 Å². The molecule has 0 bridgehead atoms. The quantitative estimate of drug-likeness (QED) is 0.734. The SMILES string of the molecule is Cc1ccc(NC(=O)c2ccccc2)cc1NC(=O)CC1COCCN1.Cl. The van der Waals surface area contributed by atoms with Gasteiger partial charge in [0, 0.05) is 35.9 Å². The Morgan fingerprint density at radius 1 is 1.15 bits per heavy atom. The van der Waals surface area contributed by atoms with Gasteiger partial charge in [-0.15, -0.1) is 12.4 Å². The maximum absolute atomic E-state index is 12.3. The van der Waals surface area contributed by atoms with Gasteiger partial charge in [0.05, 0.1) is 13.2 Å². The van der Waals surface area contributed by atoms with Crippen molar-refractivity contribution in [2.24, 2.45) is 0 Å². The number of halogens is 1. The van der Waals surface area contributed by atoms with Gasteiger partial charge >= 0.3 is 0 Å². The minimum absolute atomic E-state index is 0. The van der Waals surface area contributed by atoms with Gasteiger partial charge < -0.3 is 20.7 Å². The molecule has 1 unspecified atom stereocenters. The molecule has 0 radical (unpaired) electrons. The topological polar surface area (TPSA) is 79.5 Å². The van der Waals surface area contributed by atoms with Gasteiger partial charge in [0.1, 0.15) is 0 Å². The maximum atomic E-state index is 12.3. The number of morpholine rings is 1. The van der Waals surface area contributed by atoms with E-state index in [0.29, 0.717) is 36.6 Å². The number of amides is 2. The lowest BCUT2D eigenvalue weighted by Crippen LogP contribution is -2.43. The zero-order valence-electron chi connectivity index (χ0n) is 15.2. The second kappa shape index (κ2) is 10.1. The van der Waals surface area contributed by atoms with Crippen molar-refractivity contribution < 1.29 is 14.3 Å². The molecule has 0 saturated carbocycles. The second-order valence-corrected chi connectivity index (χ2v) is 6.33. The number of carbonyl (C=O) groups is 2. The first-order valence-electron chi connectivity index (χ1n) is 8.70. The van der Waals surface area contributed by atoms with Crippen LogP contribution in [0.4, 0.5) is 11.4 Å². The van der Waals surface area contributed by atoms with Gasteiger partial charge in [-0.2, -0.15) is 0 Å². The van der Waals surface area contributed by atoms with Gasteiger partial charge in [0.25, 0.3) is 5.91 Å². The van der Waals surface area contributed by atoms with Crippen molar-refractivity contribution in [2.45, 2.75) is 19.4 Å². The van der Waals surface area contributed by atoms with Gasteiger partial charge in [-0.1, -0.05) is 24.3 Å². The van der Waals surface area contributed by atoms with Crippen LogP contribution in [0.25, 0.3) is 0 Å². The number of hydrogen-bond donors (Lipinski definition) is 3. The van der Waals surface area contributed by atoms with Crippen LogP contribution >= 0.6 is 12.4 Å². The highest BCUT2D eigenvalue weighted by Crippen LogP contribution is 2.21. The number of anilines is 2. The average molecular weight is 390 g/mol. The minimum atomic E-state index is -0.185. The molecular weight excluding hydrogens is 366 g/mol. The summed E-state index contributed by atoms with van der Waals surface area (Å²) in [4.78, 5) is 24.6. The summed E-state index contributed by atoms with van der Waals surface area (Å²) < 4.78 is 5.37. The predicted molar refractivity (Wildman–Crippen MR) is 109 cm³/mol. The maximum Gasteiger partial charge on any atom is 0.255 e. The van der Waals surface area contributed by atoms with Crippen LogP contribution in [0.1, 0.15) is 22.3 Å². The van der Waals surface area contributed by atoms with E-state index in [4.69, 9.17) is 4.74 Å². The third kappa shape index (κ3) is 6.06. The molecular formula is C20H24ClN3O3. The number of hydrogen-bond acceptors (Lipinski definition) is 4. The molecule has 1 fully saturated rings. The number of ether oxygens (including phenoxy) is 1. The Kier molecular flexibility index (Phi) is 7.79. The summed E-state index contributed by atoms with van der Waals surface area (Å²) >= 11 is 0. The van der Waals surface area contributed by atoms with E-state index in [2.05, 4.69) is 16.0 Å². The van der Waals surface area contributed by atoms with Gasteiger partial charge in [-0.25, -0.2) is 0 Å². The highest BCUT2D eigenvalue weighted by Gasteiger charge is 2.17. The summed E-state index contributed by atoms with van der Waals surface area (Å²) in [5.41, 5.74) is 2.85. The molecule has 27 heavy (non-hydrogen) atoms. The fourth-order valence-electron chi connectivity index (χ4n) is 2.80. The summed E-state index contributed by atoms with van der Waals surface area (Å²) in [7, 11) is 0. The van der Waals surface area contributed by atoms with Crippen LogP contribution in [0.5, 0.6) is 0 Å². The molecule has 3 rings (SSSR count). The van der Waals surface area contributed by atoms with Crippen LogP contribution in [0.15, 0.2) is 48.5 Å². The molecule has 144 valence electrons. The first kappa shape index (κ1) is 20.9. The first-order chi connectivity index (χ1) is 12.6. The Hall–Kier alpha value is -2.41. The van der Waals surface area contributed by atoms with Crippen LogP contribution in [0.3, 0.4) is 0 Å². The lowest BCUT2D eigenvalue weighted by molar-refractivity contribution is -0.117. The summed E-state index contributed by atoms with van der Waals surface area (Å²) in [5.74, 6) is -0.266. The van der Waals surface area contributed by atoms with Crippen molar-refractivity contribution in [3.05, 3.63) is 59.7 Å². The molecule has 2 aromatic rings. The standard InChI is InChI=1S/C20H23N3O3.ClH/c1-14-7-8-16(22-20(25)15-5-3-2-4-6-15)11-18(14)23-19(24)12-17-13-26-10-9-21-17;/h2-8,11,17,21H,9-10,12-13H2,1H3,(H,22,25)(H,23,24);1H. The molecule has 1 atom stereocenters. The minimum Gasteiger partial charge on any atom is -0.378 e. The molecule has 3 N–H and O–H groups in total. The molecule has 2 aromatic carbocycles. The van der Waals surface area contributed by atoms with Crippen molar-refractivity contribution in [3.8, 4) is 0 Å². The Balaban J connectivity index is 0.00000261. The third-order valence-electron chi connectivity index (χ3n) is 4.24. The Morgan fingerprint density at radius 3 is 2.63 bits per heavy atom. The van der Waals surface area contributed by atoms with E-state index in [0.717, 1.165) is 12.1 Å². The Morgan fingerprint density at radius 2 is 1.93 bits per heavy atom. The largest absolute Gasteiger partial charge is 0.378 e. The Bertz CT molecular complexity index is 777. The smallest absolute Gasteiger partial charge is 0.255 e. The van der Waals surface area contributed by atoms with Crippen molar-refractivity contribution in [1.82, 2.24) is 5.32 Å². The van der Waals surface area contributed by atoms with Crippen LogP contribution in [-0.4, -0.2) is 37.6 Å². The number of benzene rings is 2. The highest BCUT2D eigenvalue weighted by atomic mass is 35.5. The summed E-state index contributed by atoms with van der Waals surface area (Å²) in [6.07, 6.45) is 0.347. The van der Waals surface area contributed by atoms with Gasteiger partial charge in [-0.05, 0) is 36.8 Å². The van der Waals surface area contributed by atoms with E-state index in [1.54, 1.807) is 18.2 Å². The van der Waals surface area contributed by atoms with E-state index < -0.39 is 0 Å². The van der Waals surface area contributed by atoms with Crippen molar-refractivity contribution in [1.29, 1.82) is 0 Å². The third-order valence-corrected chi connectivity index (χ3v) is 4.24. The van der Waals surface area contributed by atoms with E-state index in [-0.39, 0.29) is 30.3 Å². The normalized spacial score (nSPS) is 16.1. The van der Waals surface area contributed by atoms with Gasteiger partial charge in [-0.3, -0.25) is 9.59 Å². The average Bonchev–Trinajstić information content (AvgIpc) is 2.66. The molecule has 0 spiro atoms. The van der Waals surface area contributed by atoms with E-state index in [1.165, 1.54) is 0 Å². The van der Waals surface area contributed by atoms with Crippen molar-refractivity contribution in [2.75, 3.05) is 30.4 Å². The predicted octanol–water partition coefficient (Wildman–Crippen LogP) is 2.99. The summed E-state index contributed by atoms with van der Waals surface area (Å²) in [5, 5.41) is 9.05. The van der Waals surface area contributed by atoms with Crippen LogP contribution in [0, 0.1) is 6.92 Å². The van der Waals surface area contributed by atoms with Crippen LogP contribution < -0.4 is 16.0 Å². The van der Waals surface area contributed by atoms with Gasteiger partial charge in [0.2, 0.25) is 5.91 Å². The fourth-order valence-corrected chi connectivity index (χ4v) is 2.80. The lowest BCUT2D eigenvalue weighted by Gasteiger charge is -2.23. The number of aryl methyl sites for hydroxylation is 1. The molecule has 0 aromatic heterocycles. The van der Waals surface area contributed by atoms with Crippen LogP contribution in [0.2, 0.25) is 0 Å². The summed E-state index contributed by atoms with van der Waals surface area (Å²) in [6.45, 7) is 3.90. The van der Waals surface area contributed by atoms with E-state index in [9.17, 15) is 9.59 Å². The molecule has 1 aliphatic heterocycles. The fraction of sp³-hybridized carbons (Fsp3) is 0.300. The summed E-state index contributed by atoms with van der Waals surface area (Å²) in [6, 6.07) is 14.5. The number of rotatable bonds is 5. The number of nitrogens with one attached hydrogen (secondary N) is 3. The van der Waals surface area contributed by atoms with E-state index >= 15 is 0 Å². The van der Waals surface area contributed by atoms with Crippen molar-refractivity contribution >= 4 is 35.6 Å².